The predicted octanol–water partition coefficient (Wildman–Crippen LogP) is 5.18. The monoisotopic (exact) mass is 426 g/mol. The van der Waals surface area contributed by atoms with E-state index >= 15 is 0 Å². The number of H-pyrrole nitrogens is 2. The number of likely N-dealkylation sites (N-methyl/N-ethyl adjacent to an activating group) is 1. The van der Waals surface area contributed by atoms with Crippen LogP contribution in [0.15, 0.2) is 60.9 Å². The molecule has 7 nitrogen and oxygen atoms in total. The summed E-state index contributed by atoms with van der Waals surface area (Å²) in [5.41, 5.74) is 5.63. The van der Waals surface area contributed by atoms with Gasteiger partial charge in [-0.15, -0.1) is 0 Å². The third-order valence-corrected chi connectivity index (χ3v) is 5.70. The summed E-state index contributed by atoms with van der Waals surface area (Å²) in [4.78, 5) is 17.9. The highest BCUT2D eigenvalue weighted by Gasteiger charge is 2.10. The summed E-state index contributed by atoms with van der Waals surface area (Å²) in [6.45, 7) is 2.86. The van der Waals surface area contributed by atoms with Gasteiger partial charge in [0.25, 0.3) is 0 Å². The Hall–Kier alpha value is -4.00. The fraction of sp³-hybridized carbons (Fsp3) is 0.200. The topological polar surface area (TPSA) is 81.9 Å². The Balaban J connectivity index is 1.29. The standard InChI is InChI=1S/C25H26N6O/c1-16-12-18-13-19(4-6-22(18)28-16)29-24-8-10-26-25(30-24)31(2)11-9-17-15-27-23-7-5-20(32-3)14-21(17)23/h4-8,10,12-15,27-28H,9,11H2,1-3H3,(H,26,29,30). The van der Waals surface area contributed by atoms with Gasteiger partial charge in [-0.3, -0.25) is 0 Å². The molecule has 3 aromatic heterocycles. The number of methoxy groups -OCH3 is 1. The van der Waals surface area contributed by atoms with Gasteiger partial charge in [-0.25, -0.2) is 4.98 Å². The number of aryl methyl sites for hydroxylation is 1. The first-order valence-electron chi connectivity index (χ1n) is 10.6. The molecule has 0 spiro atoms. The van der Waals surface area contributed by atoms with E-state index in [1.165, 1.54) is 16.3 Å². The van der Waals surface area contributed by atoms with Gasteiger partial charge in [-0.05, 0) is 67.4 Å². The Morgan fingerprint density at radius 2 is 1.94 bits per heavy atom. The second-order valence-electron chi connectivity index (χ2n) is 8.02. The van der Waals surface area contributed by atoms with Crippen LogP contribution >= 0.6 is 0 Å². The average molecular weight is 427 g/mol. The number of hydrogen-bond donors (Lipinski definition) is 3. The van der Waals surface area contributed by atoms with Crippen molar-refractivity contribution in [3.8, 4) is 5.75 Å². The molecule has 0 aliphatic heterocycles. The van der Waals surface area contributed by atoms with Crippen LogP contribution in [0.1, 0.15) is 11.3 Å². The third-order valence-electron chi connectivity index (χ3n) is 5.70. The van der Waals surface area contributed by atoms with Gasteiger partial charge in [0.2, 0.25) is 5.95 Å². The molecule has 0 aliphatic carbocycles. The van der Waals surface area contributed by atoms with Crippen LogP contribution in [0.5, 0.6) is 5.75 Å². The van der Waals surface area contributed by atoms with E-state index in [2.05, 4.69) is 68.6 Å². The number of ether oxygens (including phenoxy) is 1. The van der Waals surface area contributed by atoms with Crippen molar-refractivity contribution in [3.05, 3.63) is 72.2 Å². The summed E-state index contributed by atoms with van der Waals surface area (Å²) in [7, 11) is 3.71. The van der Waals surface area contributed by atoms with E-state index in [0.29, 0.717) is 5.95 Å². The lowest BCUT2D eigenvalue weighted by Gasteiger charge is -2.17. The molecule has 7 heteroatoms. The SMILES string of the molecule is COc1ccc2[nH]cc(CCN(C)c3nccc(Nc4ccc5[nH]c(C)cc5c4)n3)c2c1. The molecule has 0 unspecified atom stereocenters. The zero-order valence-corrected chi connectivity index (χ0v) is 18.4. The number of hydrogen-bond acceptors (Lipinski definition) is 5. The minimum Gasteiger partial charge on any atom is -0.497 e. The molecule has 5 rings (SSSR count). The first kappa shape index (κ1) is 19.9. The number of nitrogens with zero attached hydrogens (tertiary/aromatic N) is 3. The Kier molecular flexibility index (Phi) is 5.15. The van der Waals surface area contributed by atoms with Gasteiger partial charge in [0.1, 0.15) is 11.6 Å². The summed E-state index contributed by atoms with van der Waals surface area (Å²) in [5, 5.41) is 5.76. The second-order valence-corrected chi connectivity index (χ2v) is 8.02. The summed E-state index contributed by atoms with van der Waals surface area (Å²) in [5.74, 6) is 2.32. The highest BCUT2D eigenvalue weighted by Crippen LogP contribution is 2.25. The molecule has 0 saturated heterocycles. The summed E-state index contributed by atoms with van der Waals surface area (Å²) >= 11 is 0. The molecule has 0 amide bonds. The average Bonchev–Trinajstić information content (AvgIpc) is 3.38. The molecule has 0 aliphatic rings. The van der Waals surface area contributed by atoms with E-state index in [9.17, 15) is 0 Å². The van der Waals surface area contributed by atoms with Crippen molar-refractivity contribution < 1.29 is 4.74 Å². The number of aromatic nitrogens is 4. The number of aromatic amines is 2. The number of fused-ring (bicyclic) bond motifs is 2. The summed E-state index contributed by atoms with van der Waals surface area (Å²) in [6, 6.07) is 16.4. The highest BCUT2D eigenvalue weighted by molar-refractivity contribution is 5.85. The maximum atomic E-state index is 5.38. The lowest BCUT2D eigenvalue weighted by molar-refractivity contribution is 0.415. The van der Waals surface area contributed by atoms with Crippen LogP contribution in [0.4, 0.5) is 17.5 Å². The molecule has 32 heavy (non-hydrogen) atoms. The molecular formula is C25H26N6O. The second kappa shape index (κ2) is 8.26. The first-order valence-corrected chi connectivity index (χ1v) is 10.6. The Morgan fingerprint density at radius 3 is 2.81 bits per heavy atom. The van der Waals surface area contributed by atoms with Crippen LogP contribution in [0.25, 0.3) is 21.8 Å². The van der Waals surface area contributed by atoms with E-state index < -0.39 is 0 Å². The van der Waals surface area contributed by atoms with Gasteiger partial charge in [-0.2, -0.15) is 4.98 Å². The molecule has 3 N–H and O–H groups in total. The summed E-state index contributed by atoms with van der Waals surface area (Å²) in [6.07, 6.45) is 4.72. The molecule has 2 aromatic carbocycles. The molecule has 0 radical (unpaired) electrons. The number of rotatable bonds is 7. The number of benzene rings is 2. The lowest BCUT2D eigenvalue weighted by Crippen LogP contribution is -2.22. The van der Waals surface area contributed by atoms with Crippen LogP contribution in [0, 0.1) is 6.92 Å². The largest absolute Gasteiger partial charge is 0.497 e. The Bertz CT molecular complexity index is 1390. The van der Waals surface area contributed by atoms with Crippen molar-refractivity contribution in [2.24, 2.45) is 0 Å². The maximum absolute atomic E-state index is 5.38. The van der Waals surface area contributed by atoms with Gasteiger partial charge in [0, 0.05) is 59.2 Å². The fourth-order valence-corrected chi connectivity index (χ4v) is 3.98. The first-order chi connectivity index (χ1) is 15.6. The van der Waals surface area contributed by atoms with Gasteiger partial charge in [0.15, 0.2) is 0 Å². The van der Waals surface area contributed by atoms with Gasteiger partial charge in [0.05, 0.1) is 7.11 Å². The van der Waals surface area contributed by atoms with Crippen LogP contribution in [0.2, 0.25) is 0 Å². The van der Waals surface area contributed by atoms with E-state index in [1.807, 2.05) is 25.2 Å². The predicted molar refractivity (Wildman–Crippen MR) is 130 cm³/mol. The quantitative estimate of drug-likeness (QED) is 0.334. The smallest absolute Gasteiger partial charge is 0.227 e. The third kappa shape index (κ3) is 3.97. The minimum absolute atomic E-state index is 0.686. The van der Waals surface area contributed by atoms with E-state index in [4.69, 9.17) is 9.72 Å². The number of anilines is 3. The lowest BCUT2D eigenvalue weighted by atomic mass is 10.1. The van der Waals surface area contributed by atoms with Gasteiger partial charge >= 0.3 is 0 Å². The fourth-order valence-electron chi connectivity index (χ4n) is 3.98. The van der Waals surface area contributed by atoms with E-state index in [-0.39, 0.29) is 0 Å². The van der Waals surface area contributed by atoms with E-state index in [1.54, 1.807) is 13.3 Å². The van der Waals surface area contributed by atoms with E-state index in [0.717, 1.165) is 46.9 Å². The normalized spacial score (nSPS) is 11.2. The Labute approximate surface area is 186 Å². The molecule has 0 saturated carbocycles. The zero-order valence-electron chi connectivity index (χ0n) is 18.4. The van der Waals surface area contributed by atoms with Crippen molar-refractivity contribution >= 4 is 39.3 Å². The molecule has 3 heterocycles. The van der Waals surface area contributed by atoms with Crippen LogP contribution in [0.3, 0.4) is 0 Å². The van der Waals surface area contributed by atoms with Crippen LogP contribution in [-0.2, 0) is 6.42 Å². The molecule has 0 bridgehead atoms. The maximum Gasteiger partial charge on any atom is 0.227 e. The molecular weight excluding hydrogens is 400 g/mol. The molecule has 162 valence electrons. The summed E-state index contributed by atoms with van der Waals surface area (Å²) < 4.78 is 5.38. The molecule has 0 atom stereocenters. The van der Waals surface area contributed by atoms with Crippen molar-refractivity contribution in [2.45, 2.75) is 13.3 Å². The zero-order chi connectivity index (χ0) is 22.1. The van der Waals surface area contributed by atoms with Crippen molar-refractivity contribution in [3.63, 3.8) is 0 Å². The minimum atomic E-state index is 0.686. The molecule has 0 fully saturated rings. The Morgan fingerprint density at radius 1 is 1.06 bits per heavy atom. The van der Waals surface area contributed by atoms with Gasteiger partial charge in [-0.1, -0.05) is 0 Å². The van der Waals surface area contributed by atoms with Crippen molar-refractivity contribution in [1.29, 1.82) is 0 Å². The number of nitrogens with one attached hydrogen (secondary N) is 3. The highest BCUT2D eigenvalue weighted by atomic mass is 16.5. The molecule has 5 aromatic rings. The van der Waals surface area contributed by atoms with Crippen LogP contribution < -0.4 is 15.0 Å². The van der Waals surface area contributed by atoms with Gasteiger partial charge < -0.3 is 24.9 Å². The van der Waals surface area contributed by atoms with Crippen LogP contribution in [-0.4, -0.2) is 40.6 Å². The van der Waals surface area contributed by atoms with Crippen molar-refractivity contribution in [1.82, 2.24) is 19.9 Å². The van der Waals surface area contributed by atoms with Crippen molar-refractivity contribution in [2.75, 3.05) is 30.9 Å².